The topological polar surface area (TPSA) is 80.8 Å². The molecule has 0 aromatic heterocycles. The molecule has 1 aliphatic rings. The highest BCUT2D eigenvalue weighted by molar-refractivity contribution is 7.87. The van der Waals surface area contributed by atoms with Gasteiger partial charge >= 0.3 is 22.4 Å². The molecule has 0 aromatic carbocycles. The molecule has 0 aromatic rings. The smallest absolute Gasteiger partial charge is 0.409 e. The van der Waals surface area contributed by atoms with Crippen molar-refractivity contribution in [3.63, 3.8) is 0 Å². The zero-order valence-corrected chi connectivity index (χ0v) is 11.7. The summed E-state index contributed by atoms with van der Waals surface area (Å²) in [6.45, 7) is 0.313. The van der Waals surface area contributed by atoms with Crippen molar-refractivity contribution in [2.45, 2.75) is 37.2 Å². The van der Waals surface area contributed by atoms with Gasteiger partial charge in [-0.25, -0.2) is 0 Å². The highest BCUT2D eigenvalue weighted by atomic mass is 32.3. The summed E-state index contributed by atoms with van der Waals surface area (Å²) < 4.78 is 77.4. The Labute approximate surface area is 118 Å². The summed E-state index contributed by atoms with van der Waals surface area (Å²) >= 11 is 0. The van der Waals surface area contributed by atoms with Gasteiger partial charge in [0, 0.05) is 13.0 Å². The van der Waals surface area contributed by atoms with Crippen LogP contribution in [0.2, 0.25) is 0 Å². The second kappa shape index (κ2) is 6.16. The van der Waals surface area contributed by atoms with Gasteiger partial charge < -0.3 is 9.64 Å². The molecular weight excluding hydrogens is 322 g/mol. The Balaban J connectivity index is 2.95. The summed E-state index contributed by atoms with van der Waals surface area (Å²) in [5, 5.41) is -1.85. The van der Waals surface area contributed by atoms with Crippen LogP contribution in [0.3, 0.4) is 0 Å². The first-order valence-electron chi connectivity index (χ1n) is 5.92. The predicted molar refractivity (Wildman–Crippen MR) is 61.2 cm³/mol. The number of halogens is 4. The molecule has 0 spiro atoms. The molecule has 2 unspecified atom stereocenters. The van der Waals surface area contributed by atoms with Crippen molar-refractivity contribution in [1.29, 1.82) is 0 Å². The number of rotatable bonds is 5. The maximum absolute atomic E-state index is 12.9. The van der Waals surface area contributed by atoms with Gasteiger partial charge in [0.05, 0.1) is 13.0 Å². The van der Waals surface area contributed by atoms with E-state index in [-0.39, 0.29) is 11.5 Å². The van der Waals surface area contributed by atoms with Gasteiger partial charge in [-0.3, -0.25) is 9.59 Å². The summed E-state index contributed by atoms with van der Waals surface area (Å²) in [7, 11) is -5.13. The summed E-state index contributed by atoms with van der Waals surface area (Å²) in [6.07, 6.45) is -7.01. The quantitative estimate of drug-likeness (QED) is 0.421. The van der Waals surface area contributed by atoms with Gasteiger partial charge in [-0.15, -0.1) is 3.89 Å². The molecule has 0 aliphatic carbocycles. The van der Waals surface area contributed by atoms with E-state index in [4.69, 9.17) is 0 Å². The van der Waals surface area contributed by atoms with Crippen LogP contribution in [-0.2, 0) is 24.5 Å². The third-order valence-corrected chi connectivity index (χ3v) is 4.05. The first-order chi connectivity index (χ1) is 9.46. The number of alkyl halides is 3. The number of hydrogen-bond donors (Lipinski definition) is 0. The fourth-order valence-corrected chi connectivity index (χ4v) is 2.65. The van der Waals surface area contributed by atoms with Gasteiger partial charge in [0.15, 0.2) is 0 Å². The van der Waals surface area contributed by atoms with E-state index in [2.05, 4.69) is 4.74 Å². The van der Waals surface area contributed by atoms with Gasteiger partial charge in [0.2, 0.25) is 5.91 Å². The lowest BCUT2D eigenvalue weighted by Gasteiger charge is -2.29. The molecule has 1 heterocycles. The van der Waals surface area contributed by atoms with Crippen LogP contribution in [0.1, 0.15) is 19.8 Å². The molecule has 122 valence electrons. The fourth-order valence-electron chi connectivity index (χ4n) is 1.97. The van der Waals surface area contributed by atoms with E-state index in [1.54, 1.807) is 0 Å². The van der Waals surface area contributed by atoms with Crippen molar-refractivity contribution in [1.82, 2.24) is 4.90 Å². The van der Waals surface area contributed by atoms with Gasteiger partial charge in [-0.1, -0.05) is 0 Å². The lowest BCUT2D eigenvalue weighted by atomic mass is 10.1. The van der Waals surface area contributed by atoms with Gasteiger partial charge in [0.25, 0.3) is 0 Å². The molecule has 1 amide bonds. The number of ether oxygens (including phenoxy) is 1. The number of hydrogen-bond acceptors (Lipinski definition) is 5. The minimum atomic E-state index is -5.13. The Kier molecular flexibility index (Phi) is 5.18. The number of carbonyl (C=O) groups is 2. The number of nitrogens with zero attached hydrogens (tertiary/aromatic N) is 1. The molecule has 1 rings (SSSR count). The standard InChI is InChI=1S/C10H13F4NO5S/c1-2-20-9(17)4-7(10(11,12)13)15-5-6(3-8(15)16)21(14,18)19/h6-7H,2-5H2,1H3. The van der Waals surface area contributed by atoms with Crippen molar-refractivity contribution >= 4 is 22.1 Å². The van der Waals surface area contributed by atoms with E-state index in [9.17, 15) is 35.1 Å². The normalized spacial score (nSPS) is 21.5. The molecule has 2 atom stereocenters. The molecule has 0 bridgehead atoms. The molecule has 1 fully saturated rings. The number of likely N-dealkylation sites (tertiary alicyclic amines) is 1. The largest absolute Gasteiger partial charge is 0.466 e. The third kappa shape index (κ3) is 4.55. The van der Waals surface area contributed by atoms with Crippen LogP contribution in [0.4, 0.5) is 17.1 Å². The highest BCUT2D eigenvalue weighted by Gasteiger charge is 2.51. The molecule has 0 saturated carbocycles. The number of amides is 1. The maximum Gasteiger partial charge on any atom is 0.409 e. The first-order valence-corrected chi connectivity index (χ1v) is 7.36. The van der Waals surface area contributed by atoms with Crippen LogP contribution < -0.4 is 0 Å². The second-order valence-electron chi connectivity index (χ2n) is 4.41. The molecule has 21 heavy (non-hydrogen) atoms. The third-order valence-electron chi connectivity index (χ3n) is 2.94. The summed E-state index contributed by atoms with van der Waals surface area (Å²) in [5.41, 5.74) is 0. The Morgan fingerprint density at radius 3 is 2.43 bits per heavy atom. The predicted octanol–water partition coefficient (Wildman–Crippen LogP) is 0.771. The van der Waals surface area contributed by atoms with Gasteiger partial charge in [-0.05, 0) is 6.92 Å². The summed E-state index contributed by atoms with van der Waals surface area (Å²) in [4.78, 5) is 22.9. The fraction of sp³-hybridized carbons (Fsp3) is 0.800. The minimum absolute atomic E-state index is 0.140. The zero-order chi connectivity index (χ0) is 16.4. The monoisotopic (exact) mass is 335 g/mol. The van der Waals surface area contributed by atoms with E-state index in [1.165, 1.54) is 6.92 Å². The minimum Gasteiger partial charge on any atom is -0.466 e. The molecule has 1 aliphatic heterocycles. The van der Waals surface area contributed by atoms with Crippen molar-refractivity contribution < 1.29 is 39.8 Å². The molecule has 1 saturated heterocycles. The van der Waals surface area contributed by atoms with E-state index in [1.807, 2.05) is 0 Å². The van der Waals surface area contributed by atoms with Gasteiger partial charge in [0.1, 0.15) is 11.3 Å². The van der Waals surface area contributed by atoms with E-state index in [0.717, 1.165) is 0 Å². The summed E-state index contributed by atoms with van der Waals surface area (Å²) in [5.74, 6) is -2.35. The molecule has 11 heteroatoms. The highest BCUT2D eigenvalue weighted by Crippen LogP contribution is 2.32. The van der Waals surface area contributed by atoms with Crippen LogP contribution >= 0.6 is 0 Å². The van der Waals surface area contributed by atoms with Crippen LogP contribution in [0.5, 0.6) is 0 Å². The molecule has 0 radical (unpaired) electrons. The molecule has 0 N–H and O–H groups in total. The Morgan fingerprint density at radius 2 is 2.05 bits per heavy atom. The van der Waals surface area contributed by atoms with Crippen molar-refractivity contribution in [3.8, 4) is 0 Å². The zero-order valence-electron chi connectivity index (χ0n) is 10.9. The number of esters is 1. The van der Waals surface area contributed by atoms with Crippen molar-refractivity contribution in [3.05, 3.63) is 0 Å². The SMILES string of the molecule is CCOC(=O)CC(N1CC(S(=O)(=O)F)CC1=O)C(F)(F)F. The van der Waals surface area contributed by atoms with Crippen LogP contribution in [0.25, 0.3) is 0 Å². The van der Waals surface area contributed by atoms with Crippen LogP contribution in [0.15, 0.2) is 0 Å². The first kappa shape index (κ1) is 17.7. The van der Waals surface area contributed by atoms with Crippen molar-refractivity contribution in [2.24, 2.45) is 0 Å². The molecule has 6 nitrogen and oxygen atoms in total. The average Bonchev–Trinajstić information content (AvgIpc) is 2.66. The Bertz CT molecular complexity index is 518. The average molecular weight is 335 g/mol. The number of carbonyl (C=O) groups excluding carboxylic acids is 2. The lowest BCUT2D eigenvalue weighted by Crippen LogP contribution is -2.48. The van der Waals surface area contributed by atoms with Crippen molar-refractivity contribution in [2.75, 3.05) is 13.2 Å². The van der Waals surface area contributed by atoms with Crippen LogP contribution in [-0.4, -0.2) is 55.8 Å². The lowest BCUT2D eigenvalue weighted by molar-refractivity contribution is -0.192. The second-order valence-corrected chi connectivity index (χ2v) is 6.03. The van der Waals surface area contributed by atoms with E-state index in [0.29, 0.717) is 0 Å². The Hall–Kier alpha value is -1.39. The van der Waals surface area contributed by atoms with Crippen LogP contribution in [0, 0.1) is 0 Å². The maximum atomic E-state index is 12.9. The molecular formula is C10H13F4NO5S. The van der Waals surface area contributed by atoms with E-state index < -0.39 is 59.0 Å². The van der Waals surface area contributed by atoms with E-state index >= 15 is 0 Å². The Morgan fingerprint density at radius 1 is 1.48 bits per heavy atom. The van der Waals surface area contributed by atoms with Gasteiger partial charge in [-0.2, -0.15) is 21.6 Å². The summed E-state index contributed by atoms with van der Waals surface area (Å²) in [6, 6.07) is -2.53.